The van der Waals surface area contributed by atoms with E-state index >= 15 is 0 Å². The van der Waals surface area contributed by atoms with Crippen LogP contribution < -0.4 is 5.32 Å². The summed E-state index contributed by atoms with van der Waals surface area (Å²) in [5, 5.41) is 22.2. The molecule has 0 saturated heterocycles. The first kappa shape index (κ1) is 18.0. The molecule has 1 N–H and O–H groups in total. The van der Waals surface area contributed by atoms with Crippen LogP contribution in [-0.4, -0.2) is 10.5 Å². The van der Waals surface area contributed by atoms with Crippen LogP contribution in [0.4, 0.5) is 5.69 Å². The van der Waals surface area contributed by atoms with E-state index in [2.05, 4.69) is 11.4 Å². The highest BCUT2D eigenvalue weighted by Gasteiger charge is 2.14. The van der Waals surface area contributed by atoms with Gasteiger partial charge in [0.25, 0.3) is 5.91 Å². The molecule has 0 aliphatic heterocycles. The van der Waals surface area contributed by atoms with Crippen LogP contribution in [0.25, 0.3) is 17.0 Å². The number of benzene rings is 2. The highest BCUT2D eigenvalue weighted by atomic mass is 16.1. The van der Waals surface area contributed by atoms with E-state index < -0.39 is 5.91 Å². The minimum absolute atomic E-state index is 0.00997. The van der Waals surface area contributed by atoms with Gasteiger partial charge in [-0.05, 0) is 43.2 Å². The molecular formula is C22H18N4O. The summed E-state index contributed by atoms with van der Waals surface area (Å²) in [6.45, 7) is 4.09. The number of amides is 1. The zero-order valence-electron chi connectivity index (χ0n) is 15.2. The van der Waals surface area contributed by atoms with Crippen molar-refractivity contribution in [3.63, 3.8) is 0 Å². The third-order valence-corrected chi connectivity index (χ3v) is 4.58. The molecule has 2 aromatic carbocycles. The molecule has 0 radical (unpaired) electrons. The lowest BCUT2D eigenvalue weighted by molar-refractivity contribution is -0.112. The normalized spacial score (nSPS) is 11.0. The molecule has 3 rings (SSSR count). The molecule has 1 aromatic heterocycles. The van der Waals surface area contributed by atoms with Crippen molar-refractivity contribution in [1.82, 2.24) is 4.57 Å². The van der Waals surface area contributed by atoms with Gasteiger partial charge in [0.15, 0.2) is 0 Å². The van der Waals surface area contributed by atoms with E-state index in [1.54, 1.807) is 16.8 Å². The number of carbonyl (C=O) groups excluding carboxylic acids is 1. The monoisotopic (exact) mass is 354 g/mol. The minimum Gasteiger partial charge on any atom is -0.333 e. The maximum Gasteiger partial charge on any atom is 0.266 e. The minimum atomic E-state index is -0.455. The van der Waals surface area contributed by atoms with E-state index in [0.29, 0.717) is 5.69 Å². The Hall–Kier alpha value is -3.83. The molecule has 0 atom stereocenters. The zero-order valence-corrected chi connectivity index (χ0v) is 15.2. The van der Waals surface area contributed by atoms with Crippen molar-refractivity contribution >= 4 is 28.6 Å². The van der Waals surface area contributed by atoms with Crippen LogP contribution in [-0.2, 0) is 11.3 Å². The summed E-state index contributed by atoms with van der Waals surface area (Å²) in [6, 6.07) is 17.4. The van der Waals surface area contributed by atoms with Crippen molar-refractivity contribution in [2.45, 2.75) is 20.4 Å². The quantitative estimate of drug-likeness (QED) is 0.559. The van der Waals surface area contributed by atoms with Crippen LogP contribution in [0, 0.1) is 36.5 Å². The lowest BCUT2D eigenvalue weighted by Crippen LogP contribution is -2.14. The highest BCUT2D eigenvalue weighted by Crippen LogP contribution is 2.24. The summed E-state index contributed by atoms with van der Waals surface area (Å²) in [4.78, 5) is 12.6. The van der Waals surface area contributed by atoms with Crippen LogP contribution in [0.2, 0.25) is 0 Å². The molecule has 0 spiro atoms. The van der Waals surface area contributed by atoms with Crippen molar-refractivity contribution in [3.8, 4) is 12.1 Å². The van der Waals surface area contributed by atoms with E-state index in [-0.39, 0.29) is 12.1 Å². The van der Waals surface area contributed by atoms with Gasteiger partial charge in [0.1, 0.15) is 18.2 Å². The SMILES string of the molecule is Cc1cccc(NC(=O)C(C#N)=Cc2cn(CC#N)c3ccccc23)c1C. The maximum atomic E-state index is 12.6. The van der Waals surface area contributed by atoms with Crippen LogP contribution in [0.3, 0.4) is 0 Å². The number of nitrogens with zero attached hydrogens (tertiary/aromatic N) is 3. The fourth-order valence-electron chi connectivity index (χ4n) is 2.98. The predicted molar refractivity (Wildman–Crippen MR) is 106 cm³/mol. The Kier molecular flexibility index (Phi) is 5.06. The number of para-hydroxylation sites is 1. The van der Waals surface area contributed by atoms with Crippen molar-refractivity contribution in [1.29, 1.82) is 10.5 Å². The van der Waals surface area contributed by atoms with Gasteiger partial charge in [-0.1, -0.05) is 30.3 Å². The Morgan fingerprint density at radius 2 is 1.93 bits per heavy atom. The lowest BCUT2D eigenvalue weighted by atomic mass is 10.1. The number of aryl methyl sites for hydroxylation is 1. The first-order valence-corrected chi connectivity index (χ1v) is 8.49. The molecule has 5 nitrogen and oxygen atoms in total. The fraction of sp³-hybridized carbons (Fsp3) is 0.136. The lowest BCUT2D eigenvalue weighted by Gasteiger charge is -2.09. The van der Waals surface area contributed by atoms with Crippen molar-refractivity contribution in [3.05, 3.63) is 70.9 Å². The maximum absolute atomic E-state index is 12.6. The van der Waals surface area contributed by atoms with Gasteiger partial charge in [0.05, 0.1) is 6.07 Å². The van der Waals surface area contributed by atoms with E-state index in [4.69, 9.17) is 5.26 Å². The Morgan fingerprint density at radius 1 is 1.15 bits per heavy atom. The van der Waals surface area contributed by atoms with Gasteiger partial charge in [0, 0.05) is 28.4 Å². The van der Waals surface area contributed by atoms with Crippen LogP contribution >= 0.6 is 0 Å². The number of rotatable bonds is 4. The smallest absolute Gasteiger partial charge is 0.266 e. The van der Waals surface area contributed by atoms with Crippen LogP contribution in [0.1, 0.15) is 16.7 Å². The summed E-state index contributed by atoms with van der Waals surface area (Å²) in [5.74, 6) is -0.455. The molecular weight excluding hydrogens is 336 g/mol. The van der Waals surface area contributed by atoms with E-state index in [1.165, 1.54) is 0 Å². The van der Waals surface area contributed by atoms with E-state index in [0.717, 1.165) is 27.6 Å². The Bertz CT molecular complexity index is 1140. The molecule has 1 amide bonds. The summed E-state index contributed by atoms with van der Waals surface area (Å²) in [5.41, 5.74) is 4.35. The van der Waals surface area contributed by atoms with Gasteiger partial charge >= 0.3 is 0 Å². The third kappa shape index (κ3) is 3.58. The number of nitrogens with one attached hydrogen (secondary N) is 1. The number of anilines is 1. The number of nitriles is 2. The van der Waals surface area contributed by atoms with Crippen molar-refractivity contribution in [2.24, 2.45) is 0 Å². The molecule has 132 valence electrons. The number of hydrogen-bond donors (Lipinski definition) is 1. The van der Waals surface area contributed by atoms with E-state index in [9.17, 15) is 10.1 Å². The first-order valence-electron chi connectivity index (χ1n) is 8.49. The Labute approximate surface area is 157 Å². The van der Waals surface area contributed by atoms with Crippen molar-refractivity contribution < 1.29 is 4.79 Å². The zero-order chi connectivity index (χ0) is 19.4. The predicted octanol–water partition coefficient (Wildman–Crippen LogP) is 4.33. The second-order valence-corrected chi connectivity index (χ2v) is 6.26. The summed E-state index contributed by atoms with van der Waals surface area (Å²) < 4.78 is 1.80. The van der Waals surface area contributed by atoms with Gasteiger partial charge in [-0.25, -0.2) is 0 Å². The van der Waals surface area contributed by atoms with Gasteiger partial charge < -0.3 is 9.88 Å². The number of hydrogen-bond acceptors (Lipinski definition) is 3. The standard InChI is InChI=1S/C22H18N4O/c1-15-6-5-8-20(16(15)2)25-22(27)17(13-24)12-18-14-26(11-10-23)21-9-4-3-7-19(18)21/h3-9,12,14H,11H2,1-2H3,(H,25,27). The van der Waals surface area contributed by atoms with Crippen LogP contribution in [0.15, 0.2) is 54.2 Å². The van der Waals surface area contributed by atoms with Gasteiger partial charge in [-0.15, -0.1) is 0 Å². The number of carbonyl (C=O) groups is 1. The molecule has 3 aromatic rings. The summed E-state index contributed by atoms with van der Waals surface area (Å²) >= 11 is 0. The molecule has 0 unspecified atom stereocenters. The molecule has 1 heterocycles. The molecule has 27 heavy (non-hydrogen) atoms. The topological polar surface area (TPSA) is 81.6 Å². The van der Waals surface area contributed by atoms with Gasteiger partial charge in [-0.3, -0.25) is 4.79 Å². The summed E-state index contributed by atoms with van der Waals surface area (Å²) in [7, 11) is 0. The summed E-state index contributed by atoms with van der Waals surface area (Å²) in [6.07, 6.45) is 3.35. The number of fused-ring (bicyclic) bond motifs is 1. The van der Waals surface area contributed by atoms with Gasteiger partial charge in [-0.2, -0.15) is 10.5 Å². The second kappa shape index (κ2) is 7.59. The molecule has 0 saturated carbocycles. The van der Waals surface area contributed by atoms with Gasteiger partial charge in [0.2, 0.25) is 0 Å². The highest BCUT2D eigenvalue weighted by molar-refractivity contribution is 6.11. The van der Waals surface area contributed by atoms with E-state index in [1.807, 2.05) is 62.4 Å². The Balaban J connectivity index is 1.99. The molecule has 5 heteroatoms. The average Bonchev–Trinajstić information content (AvgIpc) is 3.01. The molecule has 0 bridgehead atoms. The van der Waals surface area contributed by atoms with Crippen LogP contribution in [0.5, 0.6) is 0 Å². The third-order valence-electron chi connectivity index (χ3n) is 4.58. The Morgan fingerprint density at radius 3 is 2.67 bits per heavy atom. The molecule has 0 aliphatic rings. The largest absolute Gasteiger partial charge is 0.333 e. The molecule has 0 fully saturated rings. The van der Waals surface area contributed by atoms with Crippen molar-refractivity contribution in [2.75, 3.05) is 5.32 Å². The average molecular weight is 354 g/mol. The number of aromatic nitrogens is 1. The second-order valence-electron chi connectivity index (χ2n) is 6.26. The fourth-order valence-corrected chi connectivity index (χ4v) is 2.98. The first-order chi connectivity index (χ1) is 13.0. The molecule has 0 aliphatic carbocycles.